The molecule has 12 heteroatoms. The van der Waals surface area contributed by atoms with Gasteiger partial charge in [-0.15, -0.1) is 0 Å². The van der Waals surface area contributed by atoms with Crippen LogP contribution in [0, 0.1) is 16.0 Å². The highest BCUT2D eigenvalue weighted by molar-refractivity contribution is 5.95. The summed E-state index contributed by atoms with van der Waals surface area (Å²) in [5.41, 5.74) is -1.34. The van der Waals surface area contributed by atoms with Crippen molar-refractivity contribution in [3.8, 4) is 0 Å². The minimum atomic E-state index is -4.86. The third-order valence-electron chi connectivity index (χ3n) is 5.43. The lowest BCUT2D eigenvalue weighted by Crippen LogP contribution is -2.39. The Balaban J connectivity index is 1.62. The summed E-state index contributed by atoms with van der Waals surface area (Å²) in [6.45, 7) is 0.461. The third kappa shape index (κ3) is 6.14. The summed E-state index contributed by atoms with van der Waals surface area (Å²) in [7, 11) is 0. The molecule has 0 radical (unpaired) electrons. The van der Waals surface area contributed by atoms with Crippen molar-refractivity contribution in [2.24, 2.45) is 5.92 Å². The molecule has 0 saturated carbocycles. The Morgan fingerprint density at radius 3 is 2.15 bits per heavy atom. The number of non-ortho nitro benzene ring substituents is 1. The Kier molecular flexibility index (Phi) is 6.84. The van der Waals surface area contributed by atoms with E-state index in [0.717, 1.165) is 11.8 Å². The SMILES string of the molecule is O=C(NCc1ccc(N2CCC(C(F)(F)F)CC2)cc1)c1cc([N+](=O)[O-])cc(C(F)(F)F)c1. The minimum Gasteiger partial charge on any atom is -0.372 e. The predicted molar refractivity (Wildman–Crippen MR) is 107 cm³/mol. The zero-order valence-electron chi connectivity index (χ0n) is 17.0. The van der Waals surface area contributed by atoms with Crippen molar-refractivity contribution >= 4 is 17.3 Å². The summed E-state index contributed by atoms with van der Waals surface area (Å²) in [4.78, 5) is 24.0. The average molecular weight is 475 g/mol. The molecule has 33 heavy (non-hydrogen) atoms. The van der Waals surface area contributed by atoms with Gasteiger partial charge in [-0.1, -0.05) is 12.1 Å². The van der Waals surface area contributed by atoms with E-state index >= 15 is 0 Å². The highest BCUT2D eigenvalue weighted by Crippen LogP contribution is 2.35. The van der Waals surface area contributed by atoms with E-state index in [9.17, 15) is 41.3 Å². The summed E-state index contributed by atoms with van der Waals surface area (Å²) in [5.74, 6) is -2.22. The molecule has 1 N–H and O–H groups in total. The Morgan fingerprint density at radius 1 is 1.03 bits per heavy atom. The Morgan fingerprint density at radius 2 is 1.64 bits per heavy atom. The van der Waals surface area contributed by atoms with Crippen LogP contribution in [-0.2, 0) is 12.7 Å². The van der Waals surface area contributed by atoms with Gasteiger partial charge in [-0.3, -0.25) is 14.9 Å². The van der Waals surface area contributed by atoms with Crippen LogP contribution in [0.5, 0.6) is 0 Å². The smallest absolute Gasteiger partial charge is 0.372 e. The van der Waals surface area contributed by atoms with Crippen molar-refractivity contribution in [2.45, 2.75) is 31.7 Å². The maximum absolute atomic E-state index is 13.0. The molecule has 0 aliphatic carbocycles. The molecular weight excluding hydrogens is 456 g/mol. The predicted octanol–water partition coefficient (Wildman–Crippen LogP) is 5.32. The summed E-state index contributed by atoms with van der Waals surface area (Å²) in [5, 5.41) is 13.3. The van der Waals surface area contributed by atoms with E-state index in [2.05, 4.69) is 5.32 Å². The van der Waals surface area contributed by atoms with Crippen molar-refractivity contribution < 1.29 is 36.1 Å². The van der Waals surface area contributed by atoms with Gasteiger partial charge in [0.25, 0.3) is 11.6 Å². The monoisotopic (exact) mass is 475 g/mol. The first-order valence-electron chi connectivity index (χ1n) is 9.90. The van der Waals surface area contributed by atoms with Crippen molar-refractivity contribution in [2.75, 3.05) is 18.0 Å². The fourth-order valence-electron chi connectivity index (χ4n) is 3.59. The summed E-state index contributed by atoms with van der Waals surface area (Å²) < 4.78 is 77.3. The normalized spacial score (nSPS) is 15.4. The number of hydrogen-bond donors (Lipinski definition) is 1. The lowest BCUT2D eigenvalue weighted by Gasteiger charge is -2.34. The molecular formula is C21H19F6N3O3. The van der Waals surface area contributed by atoms with Crippen LogP contribution in [0.1, 0.15) is 34.3 Å². The lowest BCUT2D eigenvalue weighted by molar-refractivity contribution is -0.385. The topological polar surface area (TPSA) is 75.5 Å². The van der Waals surface area contributed by atoms with Gasteiger partial charge < -0.3 is 10.2 Å². The minimum absolute atomic E-state index is 0.00440. The van der Waals surface area contributed by atoms with Crippen LogP contribution in [0.4, 0.5) is 37.7 Å². The molecule has 0 aromatic heterocycles. The second kappa shape index (κ2) is 9.28. The first kappa shape index (κ1) is 24.3. The van der Waals surface area contributed by atoms with Crippen LogP contribution >= 0.6 is 0 Å². The highest BCUT2D eigenvalue weighted by Gasteiger charge is 2.41. The van der Waals surface area contributed by atoms with Gasteiger partial charge >= 0.3 is 12.4 Å². The molecule has 0 bridgehead atoms. The van der Waals surface area contributed by atoms with E-state index in [-0.39, 0.29) is 32.5 Å². The number of carbonyl (C=O) groups is 1. The van der Waals surface area contributed by atoms with Crippen molar-refractivity contribution in [3.63, 3.8) is 0 Å². The number of benzene rings is 2. The van der Waals surface area contributed by atoms with E-state index in [0.29, 0.717) is 17.7 Å². The number of halogens is 6. The average Bonchev–Trinajstić information content (AvgIpc) is 2.76. The van der Waals surface area contributed by atoms with Gasteiger partial charge in [0.05, 0.1) is 16.4 Å². The van der Waals surface area contributed by atoms with Gasteiger partial charge in [0.1, 0.15) is 0 Å². The number of nitrogens with one attached hydrogen (secondary N) is 1. The first-order valence-corrected chi connectivity index (χ1v) is 9.90. The Bertz CT molecular complexity index is 1010. The van der Waals surface area contributed by atoms with Gasteiger partial charge in [0, 0.05) is 43.0 Å². The van der Waals surface area contributed by atoms with Crippen LogP contribution in [0.15, 0.2) is 42.5 Å². The first-order chi connectivity index (χ1) is 15.3. The second-order valence-corrected chi connectivity index (χ2v) is 7.68. The molecule has 0 unspecified atom stereocenters. The zero-order chi connectivity index (χ0) is 24.4. The fraction of sp³-hybridized carbons (Fsp3) is 0.381. The van der Waals surface area contributed by atoms with Crippen molar-refractivity contribution in [3.05, 3.63) is 69.3 Å². The Hall–Kier alpha value is -3.31. The summed E-state index contributed by atoms with van der Waals surface area (Å²) in [6.07, 6.45) is -9.05. The molecule has 1 aliphatic heterocycles. The van der Waals surface area contributed by atoms with E-state index in [1.807, 2.05) is 4.90 Å². The number of anilines is 1. The molecule has 3 rings (SSSR count). The van der Waals surface area contributed by atoms with E-state index in [1.54, 1.807) is 24.3 Å². The molecule has 1 aliphatic rings. The highest BCUT2D eigenvalue weighted by atomic mass is 19.4. The van der Waals surface area contributed by atoms with Gasteiger partial charge in [0.15, 0.2) is 0 Å². The number of alkyl halides is 6. The molecule has 0 atom stereocenters. The zero-order valence-corrected chi connectivity index (χ0v) is 17.0. The standard InChI is InChI=1S/C21H19F6N3O3/c22-20(23,24)15-5-7-29(8-6-15)17-3-1-13(2-4-17)12-28-19(31)14-9-16(21(25,26)27)11-18(10-14)30(32)33/h1-4,9-11,15H,5-8,12H2,(H,28,31). The largest absolute Gasteiger partial charge is 0.416 e. The molecule has 6 nitrogen and oxygen atoms in total. The number of amides is 1. The number of rotatable bonds is 5. The molecule has 1 saturated heterocycles. The van der Waals surface area contributed by atoms with Crippen LogP contribution in [0.3, 0.4) is 0 Å². The number of nitrogens with zero attached hydrogens (tertiary/aromatic N) is 2. The molecule has 2 aromatic rings. The number of nitro benzene ring substituents is 1. The lowest BCUT2D eigenvalue weighted by atomic mass is 9.96. The Labute approximate surface area is 184 Å². The molecule has 1 fully saturated rings. The summed E-state index contributed by atoms with van der Waals surface area (Å²) >= 11 is 0. The van der Waals surface area contributed by atoms with Gasteiger partial charge in [-0.25, -0.2) is 0 Å². The van der Waals surface area contributed by atoms with Gasteiger partial charge in [0.2, 0.25) is 0 Å². The third-order valence-corrected chi connectivity index (χ3v) is 5.43. The van der Waals surface area contributed by atoms with Gasteiger partial charge in [-0.05, 0) is 36.6 Å². The van der Waals surface area contributed by atoms with Crippen LogP contribution in [0.2, 0.25) is 0 Å². The van der Waals surface area contributed by atoms with Crippen molar-refractivity contribution in [1.29, 1.82) is 0 Å². The van der Waals surface area contributed by atoms with E-state index < -0.39 is 45.9 Å². The van der Waals surface area contributed by atoms with Crippen molar-refractivity contribution in [1.82, 2.24) is 5.32 Å². The number of carbonyl (C=O) groups excluding carboxylic acids is 1. The van der Waals surface area contributed by atoms with E-state index in [1.165, 1.54) is 0 Å². The quantitative estimate of drug-likeness (QED) is 0.361. The molecule has 1 amide bonds. The number of piperidine rings is 1. The molecule has 178 valence electrons. The van der Waals surface area contributed by atoms with Crippen LogP contribution < -0.4 is 10.2 Å². The second-order valence-electron chi connectivity index (χ2n) is 7.68. The van der Waals surface area contributed by atoms with Crippen LogP contribution in [-0.4, -0.2) is 30.1 Å². The fourth-order valence-corrected chi connectivity index (χ4v) is 3.59. The molecule has 2 aromatic carbocycles. The number of hydrogen-bond acceptors (Lipinski definition) is 4. The molecule has 0 spiro atoms. The van der Waals surface area contributed by atoms with Crippen LogP contribution in [0.25, 0.3) is 0 Å². The maximum atomic E-state index is 13.0. The summed E-state index contributed by atoms with van der Waals surface area (Å²) in [6, 6.07) is 8.30. The number of nitro groups is 1. The molecule has 1 heterocycles. The maximum Gasteiger partial charge on any atom is 0.416 e. The van der Waals surface area contributed by atoms with E-state index in [4.69, 9.17) is 0 Å². The van der Waals surface area contributed by atoms with Gasteiger partial charge in [-0.2, -0.15) is 26.3 Å².